The van der Waals surface area contributed by atoms with E-state index in [-0.39, 0.29) is 17.9 Å². The molecule has 0 spiro atoms. The standard InChI is InChI=1S/C12H23N3O/c1-4-6-11(9-14)12(16)15(10(2)3)8-5-7-13/h10-11H,4-6,8-9,14H2,1-3H3. The molecule has 0 aromatic heterocycles. The molecule has 0 saturated carbocycles. The summed E-state index contributed by atoms with van der Waals surface area (Å²) < 4.78 is 0. The van der Waals surface area contributed by atoms with Crippen LogP contribution in [0.2, 0.25) is 0 Å². The second-order valence-corrected chi connectivity index (χ2v) is 4.25. The fourth-order valence-corrected chi connectivity index (χ4v) is 1.72. The van der Waals surface area contributed by atoms with Gasteiger partial charge in [0.25, 0.3) is 0 Å². The lowest BCUT2D eigenvalue weighted by Crippen LogP contribution is -2.43. The van der Waals surface area contributed by atoms with Crippen molar-refractivity contribution in [1.29, 1.82) is 5.26 Å². The Morgan fingerprint density at radius 3 is 2.50 bits per heavy atom. The fourth-order valence-electron chi connectivity index (χ4n) is 1.72. The first kappa shape index (κ1) is 14.9. The average Bonchev–Trinajstić information content (AvgIpc) is 2.25. The van der Waals surface area contributed by atoms with E-state index in [0.717, 1.165) is 12.8 Å². The molecule has 0 heterocycles. The average molecular weight is 225 g/mol. The molecule has 0 aliphatic heterocycles. The third kappa shape index (κ3) is 4.63. The van der Waals surface area contributed by atoms with E-state index in [2.05, 4.69) is 6.07 Å². The maximum absolute atomic E-state index is 12.1. The van der Waals surface area contributed by atoms with Gasteiger partial charge in [0.1, 0.15) is 0 Å². The molecule has 1 atom stereocenters. The van der Waals surface area contributed by atoms with Crippen molar-refractivity contribution in [2.75, 3.05) is 13.1 Å². The van der Waals surface area contributed by atoms with Crippen LogP contribution in [0.3, 0.4) is 0 Å². The number of nitrogens with zero attached hydrogens (tertiary/aromatic N) is 2. The SMILES string of the molecule is CCCC(CN)C(=O)N(CCC#N)C(C)C. The summed E-state index contributed by atoms with van der Waals surface area (Å²) in [5.41, 5.74) is 5.61. The second kappa shape index (κ2) is 8.12. The van der Waals surface area contributed by atoms with E-state index >= 15 is 0 Å². The maximum Gasteiger partial charge on any atom is 0.227 e. The Morgan fingerprint density at radius 2 is 2.12 bits per heavy atom. The first-order valence-electron chi connectivity index (χ1n) is 5.95. The zero-order valence-electron chi connectivity index (χ0n) is 10.6. The van der Waals surface area contributed by atoms with Crippen LogP contribution in [0.5, 0.6) is 0 Å². The minimum atomic E-state index is -0.0916. The molecule has 4 heteroatoms. The third-order valence-electron chi connectivity index (χ3n) is 2.64. The van der Waals surface area contributed by atoms with Crippen LogP contribution in [0.25, 0.3) is 0 Å². The molecule has 0 aromatic carbocycles. The molecule has 1 amide bonds. The van der Waals surface area contributed by atoms with Crippen molar-refractivity contribution in [3.8, 4) is 6.07 Å². The lowest BCUT2D eigenvalue weighted by Gasteiger charge is -2.29. The Morgan fingerprint density at radius 1 is 1.50 bits per heavy atom. The first-order chi connectivity index (χ1) is 7.58. The number of amides is 1. The Hall–Kier alpha value is -1.08. The van der Waals surface area contributed by atoms with Gasteiger partial charge in [-0.25, -0.2) is 0 Å². The molecule has 4 nitrogen and oxygen atoms in total. The van der Waals surface area contributed by atoms with Crippen LogP contribution in [-0.4, -0.2) is 29.9 Å². The van der Waals surface area contributed by atoms with Gasteiger partial charge in [-0.2, -0.15) is 5.26 Å². The normalized spacial score (nSPS) is 12.2. The zero-order valence-corrected chi connectivity index (χ0v) is 10.6. The van der Waals surface area contributed by atoms with E-state index in [1.165, 1.54) is 0 Å². The number of nitriles is 1. The maximum atomic E-state index is 12.1. The molecule has 92 valence electrons. The minimum Gasteiger partial charge on any atom is -0.339 e. The van der Waals surface area contributed by atoms with Crippen molar-refractivity contribution in [2.24, 2.45) is 11.7 Å². The highest BCUT2D eigenvalue weighted by Gasteiger charge is 2.23. The predicted octanol–water partition coefficient (Wildman–Crippen LogP) is 1.51. The fraction of sp³-hybridized carbons (Fsp3) is 0.833. The molecular weight excluding hydrogens is 202 g/mol. The summed E-state index contributed by atoms with van der Waals surface area (Å²) in [4.78, 5) is 13.9. The highest BCUT2D eigenvalue weighted by molar-refractivity contribution is 5.79. The van der Waals surface area contributed by atoms with E-state index in [4.69, 9.17) is 11.0 Å². The van der Waals surface area contributed by atoms with Crippen LogP contribution in [0, 0.1) is 17.2 Å². The molecule has 0 aliphatic rings. The van der Waals surface area contributed by atoms with Gasteiger partial charge in [-0.05, 0) is 20.3 Å². The summed E-state index contributed by atoms with van der Waals surface area (Å²) in [6.45, 7) is 6.88. The van der Waals surface area contributed by atoms with E-state index in [9.17, 15) is 4.79 Å². The number of carbonyl (C=O) groups is 1. The van der Waals surface area contributed by atoms with Gasteiger partial charge in [-0.15, -0.1) is 0 Å². The van der Waals surface area contributed by atoms with Crippen molar-refractivity contribution < 1.29 is 4.79 Å². The van der Waals surface area contributed by atoms with Crippen LogP contribution < -0.4 is 5.73 Å². The summed E-state index contributed by atoms with van der Waals surface area (Å²) in [6.07, 6.45) is 2.16. The molecule has 2 N–H and O–H groups in total. The lowest BCUT2D eigenvalue weighted by atomic mass is 10.0. The Labute approximate surface area is 98.4 Å². The molecule has 0 aromatic rings. The van der Waals surface area contributed by atoms with Gasteiger partial charge >= 0.3 is 0 Å². The van der Waals surface area contributed by atoms with E-state index < -0.39 is 0 Å². The molecule has 0 rings (SSSR count). The van der Waals surface area contributed by atoms with E-state index in [0.29, 0.717) is 19.5 Å². The summed E-state index contributed by atoms with van der Waals surface area (Å²) >= 11 is 0. The highest BCUT2D eigenvalue weighted by Crippen LogP contribution is 2.12. The topological polar surface area (TPSA) is 70.1 Å². The molecule has 1 unspecified atom stereocenters. The molecule has 0 saturated heterocycles. The van der Waals surface area contributed by atoms with Crippen molar-refractivity contribution in [3.63, 3.8) is 0 Å². The largest absolute Gasteiger partial charge is 0.339 e. The van der Waals surface area contributed by atoms with E-state index in [1.807, 2.05) is 20.8 Å². The van der Waals surface area contributed by atoms with Crippen molar-refractivity contribution in [3.05, 3.63) is 0 Å². The van der Waals surface area contributed by atoms with Gasteiger partial charge in [0.05, 0.1) is 18.4 Å². The van der Waals surface area contributed by atoms with Gasteiger partial charge in [0.2, 0.25) is 5.91 Å². The van der Waals surface area contributed by atoms with Crippen LogP contribution >= 0.6 is 0 Å². The number of rotatable bonds is 7. The van der Waals surface area contributed by atoms with Crippen molar-refractivity contribution in [1.82, 2.24) is 4.90 Å². The molecule has 0 fully saturated rings. The van der Waals surface area contributed by atoms with Crippen LogP contribution in [0.1, 0.15) is 40.0 Å². The predicted molar refractivity (Wildman–Crippen MR) is 64.5 cm³/mol. The summed E-state index contributed by atoms with van der Waals surface area (Å²) in [6, 6.07) is 2.20. The molecule has 0 aliphatic carbocycles. The Kier molecular flexibility index (Phi) is 7.57. The zero-order chi connectivity index (χ0) is 12.6. The smallest absolute Gasteiger partial charge is 0.227 e. The summed E-state index contributed by atoms with van der Waals surface area (Å²) in [5.74, 6) is 0.000642. The van der Waals surface area contributed by atoms with Gasteiger partial charge in [0, 0.05) is 19.1 Å². The van der Waals surface area contributed by atoms with Gasteiger partial charge in [-0.3, -0.25) is 4.79 Å². The highest BCUT2D eigenvalue weighted by atomic mass is 16.2. The number of nitrogens with two attached hydrogens (primary N) is 1. The number of hydrogen-bond donors (Lipinski definition) is 1. The molecule has 0 radical (unpaired) electrons. The van der Waals surface area contributed by atoms with Crippen molar-refractivity contribution in [2.45, 2.75) is 46.1 Å². The van der Waals surface area contributed by atoms with Crippen LogP contribution in [-0.2, 0) is 4.79 Å². The monoisotopic (exact) mass is 225 g/mol. The second-order valence-electron chi connectivity index (χ2n) is 4.25. The summed E-state index contributed by atoms with van der Waals surface area (Å²) in [7, 11) is 0. The lowest BCUT2D eigenvalue weighted by molar-refractivity contribution is -0.137. The minimum absolute atomic E-state index is 0.0916. The van der Waals surface area contributed by atoms with Gasteiger partial charge in [-0.1, -0.05) is 13.3 Å². The van der Waals surface area contributed by atoms with Crippen LogP contribution in [0.4, 0.5) is 0 Å². The first-order valence-corrected chi connectivity index (χ1v) is 5.95. The van der Waals surface area contributed by atoms with Crippen LogP contribution in [0.15, 0.2) is 0 Å². The van der Waals surface area contributed by atoms with Gasteiger partial charge in [0.15, 0.2) is 0 Å². The molecular formula is C12H23N3O. The molecule has 16 heavy (non-hydrogen) atoms. The number of carbonyl (C=O) groups excluding carboxylic acids is 1. The molecule has 0 bridgehead atoms. The Balaban J connectivity index is 4.52. The van der Waals surface area contributed by atoms with Gasteiger partial charge < -0.3 is 10.6 Å². The third-order valence-corrected chi connectivity index (χ3v) is 2.64. The number of hydrogen-bond acceptors (Lipinski definition) is 3. The Bertz CT molecular complexity index is 245. The van der Waals surface area contributed by atoms with E-state index in [1.54, 1.807) is 4.90 Å². The summed E-state index contributed by atoms with van der Waals surface area (Å²) in [5, 5.41) is 8.57. The van der Waals surface area contributed by atoms with Crippen molar-refractivity contribution >= 4 is 5.91 Å². The quantitative estimate of drug-likeness (QED) is 0.714.